The molecule has 0 saturated heterocycles. The Morgan fingerprint density at radius 2 is 2.09 bits per heavy atom. The maximum Gasteiger partial charge on any atom is 0.162 e. The standard InChI is InChI=1S/C18H22N4/c1-15(8-9-16-6-3-2-4-7-16)21-10-5-11-22-18(14-21)12-17(13-19)20-22/h2-4,6-7,12,15H,5,8-11,14H2,1H3/t15-/m1/s1. The van der Waals surface area contributed by atoms with E-state index in [2.05, 4.69) is 53.3 Å². The highest BCUT2D eigenvalue weighted by Gasteiger charge is 2.20. The number of benzene rings is 1. The summed E-state index contributed by atoms with van der Waals surface area (Å²) in [5, 5.41) is 13.3. The Hall–Kier alpha value is -2.12. The number of rotatable bonds is 4. The van der Waals surface area contributed by atoms with Gasteiger partial charge >= 0.3 is 0 Å². The Bertz CT molecular complexity index is 653. The molecule has 1 aliphatic heterocycles. The van der Waals surface area contributed by atoms with Crippen molar-refractivity contribution in [1.29, 1.82) is 5.26 Å². The molecule has 0 fully saturated rings. The van der Waals surface area contributed by atoms with Gasteiger partial charge in [-0.05, 0) is 37.8 Å². The highest BCUT2D eigenvalue weighted by molar-refractivity contribution is 5.23. The van der Waals surface area contributed by atoms with E-state index in [1.54, 1.807) is 0 Å². The molecule has 22 heavy (non-hydrogen) atoms. The van der Waals surface area contributed by atoms with Crippen LogP contribution in [0.4, 0.5) is 0 Å². The molecule has 2 aromatic rings. The summed E-state index contributed by atoms with van der Waals surface area (Å²) in [5.41, 5.74) is 3.11. The van der Waals surface area contributed by atoms with Crippen molar-refractivity contribution >= 4 is 0 Å². The van der Waals surface area contributed by atoms with Gasteiger partial charge in [0.15, 0.2) is 5.69 Å². The Labute approximate surface area is 132 Å². The molecule has 0 aliphatic carbocycles. The van der Waals surface area contributed by atoms with Gasteiger partial charge in [-0.25, -0.2) is 0 Å². The maximum absolute atomic E-state index is 9.00. The van der Waals surface area contributed by atoms with Gasteiger partial charge in [-0.1, -0.05) is 30.3 Å². The molecule has 114 valence electrons. The molecule has 1 aromatic carbocycles. The molecule has 0 spiro atoms. The summed E-state index contributed by atoms with van der Waals surface area (Å²) >= 11 is 0. The Balaban J connectivity index is 1.63. The largest absolute Gasteiger partial charge is 0.295 e. The second kappa shape index (κ2) is 6.76. The van der Waals surface area contributed by atoms with E-state index in [1.165, 1.54) is 11.3 Å². The van der Waals surface area contributed by atoms with Gasteiger partial charge < -0.3 is 0 Å². The third kappa shape index (κ3) is 3.37. The number of nitriles is 1. The zero-order chi connectivity index (χ0) is 15.4. The van der Waals surface area contributed by atoms with Crippen molar-refractivity contribution in [2.24, 2.45) is 0 Å². The summed E-state index contributed by atoms with van der Waals surface area (Å²) in [4.78, 5) is 2.52. The minimum Gasteiger partial charge on any atom is -0.295 e. The first-order chi connectivity index (χ1) is 10.8. The van der Waals surface area contributed by atoms with Crippen LogP contribution in [0.25, 0.3) is 0 Å². The van der Waals surface area contributed by atoms with Crippen LogP contribution >= 0.6 is 0 Å². The third-order valence-electron chi connectivity index (χ3n) is 4.48. The summed E-state index contributed by atoms with van der Waals surface area (Å²) in [7, 11) is 0. The van der Waals surface area contributed by atoms with Crippen LogP contribution in [-0.4, -0.2) is 27.3 Å². The van der Waals surface area contributed by atoms with E-state index in [9.17, 15) is 0 Å². The molecule has 0 bridgehead atoms. The first kappa shape index (κ1) is 14.8. The quantitative estimate of drug-likeness (QED) is 0.871. The number of hydrogen-bond donors (Lipinski definition) is 0. The van der Waals surface area contributed by atoms with Crippen LogP contribution in [0.2, 0.25) is 0 Å². The van der Waals surface area contributed by atoms with E-state index < -0.39 is 0 Å². The average Bonchev–Trinajstić information content (AvgIpc) is 2.84. The predicted octanol–water partition coefficient (Wildman–Crippen LogP) is 2.98. The van der Waals surface area contributed by atoms with Crippen molar-refractivity contribution in [3.8, 4) is 6.07 Å². The maximum atomic E-state index is 9.00. The lowest BCUT2D eigenvalue weighted by Gasteiger charge is -2.27. The molecule has 3 rings (SSSR count). The number of hydrogen-bond acceptors (Lipinski definition) is 3. The SMILES string of the molecule is C[C@H](CCc1ccccc1)N1CCCn2nc(C#N)cc2C1. The van der Waals surface area contributed by atoms with Crippen LogP contribution in [0, 0.1) is 11.3 Å². The molecule has 4 nitrogen and oxygen atoms in total. The van der Waals surface area contributed by atoms with Crippen LogP contribution in [0.5, 0.6) is 0 Å². The van der Waals surface area contributed by atoms with Crippen molar-refractivity contribution in [2.45, 2.75) is 45.3 Å². The zero-order valence-electron chi connectivity index (χ0n) is 13.1. The molecule has 1 aromatic heterocycles. The second-order valence-corrected chi connectivity index (χ2v) is 6.05. The van der Waals surface area contributed by atoms with Crippen molar-refractivity contribution in [3.05, 3.63) is 53.3 Å². The first-order valence-electron chi connectivity index (χ1n) is 8.01. The normalized spacial score (nSPS) is 16.5. The number of aromatic nitrogens is 2. The van der Waals surface area contributed by atoms with Crippen molar-refractivity contribution in [3.63, 3.8) is 0 Å². The smallest absolute Gasteiger partial charge is 0.162 e. The Kier molecular flexibility index (Phi) is 4.55. The molecule has 0 N–H and O–H groups in total. The fraction of sp³-hybridized carbons (Fsp3) is 0.444. The molecule has 1 atom stereocenters. The Morgan fingerprint density at radius 3 is 2.86 bits per heavy atom. The van der Waals surface area contributed by atoms with Crippen LogP contribution in [0.1, 0.15) is 36.7 Å². The molecule has 0 radical (unpaired) electrons. The summed E-state index contributed by atoms with van der Waals surface area (Å²) in [6, 6.07) is 15.3. The minimum atomic E-state index is 0.534. The third-order valence-corrected chi connectivity index (χ3v) is 4.48. The number of fused-ring (bicyclic) bond motifs is 1. The van der Waals surface area contributed by atoms with Gasteiger partial charge in [-0.3, -0.25) is 9.58 Å². The summed E-state index contributed by atoms with van der Waals surface area (Å²) < 4.78 is 2.00. The van der Waals surface area contributed by atoms with Crippen molar-refractivity contribution < 1.29 is 0 Å². The van der Waals surface area contributed by atoms with E-state index >= 15 is 0 Å². The molecular weight excluding hydrogens is 272 g/mol. The Morgan fingerprint density at radius 1 is 1.27 bits per heavy atom. The molecule has 1 aliphatic rings. The van der Waals surface area contributed by atoms with Crippen LogP contribution in [0.15, 0.2) is 36.4 Å². The minimum absolute atomic E-state index is 0.534. The monoisotopic (exact) mass is 294 g/mol. The summed E-state index contributed by atoms with van der Waals surface area (Å²) in [6.07, 6.45) is 3.36. The van der Waals surface area contributed by atoms with E-state index in [-0.39, 0.29) is 0 Å². The van der Waals surface area contributed by atoms with Gasteiger partial charge in [0, 0.05) is 25.7 Å². The zero-order valence-corrected chi connectivity index (χ0v) is 13.1. The van der Waals surface area contributed by atoms with Gasteiger partial charge in [0.25, 0.3) is 0 Å². The molecule has 0 saturated carbocycles. The molecule has 2 heterocycles. The van der Waals surface area contributed by atoms with E-state index in [4.69, 9.17) is 5.26 Å². The van der Waals surface area contributed by atoms with Gasteiger partial charge in [0.1, 0.15) is 6.07 Å². The highest BCUT2D eigenvalue weighted by Crippen LogP contribution is 2.18. The van der Waals surface area contributed by atoms with E-state index in [0.29, 0.717) is 11.7 Å². The topological polar surface area (TPSA) is 44.9 Å². The molecule has 0 unspecified atom stereocenters. The fourth-order valence-corrected chi connectivity index (χ4v) is 3.12. The lowest BCUT2D eigenvalue weighted by Crippen LogP contribution is -2.33. The van der Waals surface area contributed by atoms with Gasteiger partial charge in [0.2, 0.25) is 0 Å². The molecule has 4 heteroatoms. The number of aryl methyl sites for hydroxylation is 2. The summed E-state index contributed by atoms with van der Waals surface area (Å²) in [5.74, 6) is 0. The highest BCUT2D eigenvalue weighted by atomic mass is 15.3. The fourth-order valence-electron chi connectivity index (χ4n) is 3.12. The molecular formula is C18H22N4. The second-order valence-electron chi connectivity index (χ2n) is 6.05. The predicted molar refractivity (Wildman–Crippen MR) is 86.2 cm³/mol. The lowest BCUT2D eigenvalue weighted by atomic mass is 10.0. The lowest BCUT2D eigenvalue weighted by molar-refractivity contribution is 0.194. The summed E-state index contributed by atoms with van der Waals surface area (Å²) in [6.45, 7) is 5.21. The van der Waals surface area contributed by atoms with Crippen molar-refractivity contribution in [2.75, 3.05) is 6.54 Å². The van der Waals surface area contributed by atoms with Crippen molar-refractivity contribution in [1.82, 2.24) is 14.7 Å². The van der Waals surface area contributed by atoms with E-state index in [0.717, 1.165) is 38.9 Å². The van der Waals surface area contributed by atoms with Gasteiger partial charge in [-0.15, -0.1) is 0 Å². The van der Waals surface area contributed by atoms with Crippen LogP contribution < -0.4 is 0 Å². The average molecular weight is 294 g/mol. The number of nitrogens with zero attached hydrogens (tertiary/aromatic N) is 4. The van der Waals surface area contributed by atoms with Gasteiger partial charge in [0.05, 0.1) is 5.69 Å². The molecule has 0 amide bonds. The van der Waals surface area contributed by atoms with Crippen LogP contribution in [-0.2, 0) is 19.5 Å². The van der Waals surface area contributed by atoms with Gasteiger partial charge in [-0.2, -0.15) is 10.4 Å². The first-order valence-corrected chi connectivity index (χ1v) is 8.01. The van der Waals surface area contributed by atoms with Crippen LogP contribution in [0.3, 0.4) is 0 Å². The van der Waals surface area contributed by atoms with E-state index in [1.807, 2.05) is 10.7 Å².